The van der Waals surface area contributed by atoms with Gasteiger partial charge < -0.3 is 5.32 Å². The van der Waals surface area contributed by atoms with Gasteiger partial charge in [0.25, 0.3) is 0 Å². The smallest absolute Gasteiger partial charge is 0.241 e. The van der Waals surface area contributed by atoms with Crippen molar-refractivity contribution in [3.63, 3.8) is 0 Å². The monoisotopic (exact) mass is 334 g/mol. The van der Waals surface area contributed by atoms with Crippen molar-refractivity contribution in [2.24, 2.45) is 7.05 Å². The average molecular weight is 335 g/mol. The maximum Gasteiger partial charge on any atom is 0.241 e. The molecule has 2 N–H and O–H groups in total. The number of hydrogen-bond donors (Lipinski definition) is 2. The number of carbonyl (C=O) groups is 1. The Kier molecular flexibility index (Phi) is 5.44. The maximum absolute atomic E-state index is 12.4. The van der Waals surface area contributed by atoms with Gasteiger partial charge in [0, 0.05) is 18.1 Å². The summed E-state index contributed by atoms with van der Waals surface area (Å²) in [6.07, 6.45) is 0. The molecule has 2 aromatic rings. The zero-order valence-corrected chi connectivity index (χ0v) is 14.9. The van der Waals surface area contributed by atoms with E-state index in [9.17, 15) is 4.79 Å². The molecule has 0 aliphatic heterocycles. The van der Waals surface area contributed by atoms with Crippen molar-refractivity contribution >= 4 is 23.2 Å². The summed E-state index contributed by atoms with van der Waals surface area (Å²) in [6, 6.07) is 7.25. The van der Waals surface area contributed by atoms with Crippen molar-refractivity contribution < 1.29 is 4.79 Å². The molecule has 23 heavy (non-hydrogen) atoms. The van der Waals surface area contributed by atoms with Gasteiger partial charge in [0.2, 0.25) is 5.91 Å². The van der Waals surface area contributed by atoms with Crippen LogP contribution in [0.3, 0.4) is 0 Å². The highest BCUT2D eigenvalue weighted by Crippen LogP contribution is 2.23. The second-order valence-electron chi connectivity index (χ2n) is 5.79. The Balaban J connectivity index is 2.04. The Morgan fingerprint density at radius 2 is 1.91 bits per heavy atom. The molecule has 0 radical (unpaired) electrons. The van der Waals surface area contributed by atoms with E-state index < -0.39 is 0 Å². The molecule has 1 aromatic carbocycles. The molecule has 1 amide bonds. The summed E-state index contributed by atoms with van der Waals surface area (Å²) in [5.74, 6) is -0.0943. The van der Waals surface area contributed by atoms with Crippen molar-refractivity contribution in [3.8, 4) is 0 Å². The molecule has 0 saturated heterocycles. The zero-order chi connectivity index (χ0) is 17.1. The fourth-order valence-corrected chi connectivity index (χ4v) is 2.85. The third-order valence-electron chi connectivity index (χ3n) is 4.02. The van der Waals surface area contributed by atoms with Crippen LogP contribution >= 0.6 is 11.6 Å². The number of hydrogen-bond acceptors (Lipinski definition) is 3. The Bertz CT molecular complexity index is 711. The van der Waals surface area contributed by atoms with Gasteiger partial charge in [-0.2, -0.15) is 5.10 Å². The normalized spacial score (nSPS) is 13.7. The Morgan fingerprint density at radius 3 is 2.48 bits per heavy atom. The molecule has 5 nitrogen and oxygen atoms in total. The number of anilines is 1. The number of nitrogens with zero attached hydrogens (tertiary/aromatic N) is 2. The summed E-state index contributed by atoms with van der Waals surface area (Å²) in [5.41, 5.74) is 3.49. The zero-order valence-electron chi connectivity index (χ0n) is 14.1. The minimum atomic E-state index is -0.361. The first kappa shape index (κ1) is 17.5. The average Bonchev–Trinajstić information content (AvgIpc) is 2.73. The summed E-state index contributed by atoms with van der Waals surface area (Å²) < 4.78 is 1.76. The van der Waals surface area contributed by atoms with Gasteiger partial charge in [-0.1, -0.05) is 29.8 Å². The van der Waals surface area contributed by atoms with E-state index in [-0.39, 0.29) is 18.0 Å². The predicted molar refractivity (Wildman–Crippen MR) is 93.8 cm³/mol. The molecule has 1 heterocycles. The molecule has 0 unspecified atom stereocenters. The first-order valence-corrected chi connectivity index (χ1v) is 8.00. The molecule has 124 valence electrons. The molecule has 0 aliphatic carbocycles. The largest absolute Gasteiger partial charge is 0.322 e. The van der Waals surface area contributed by atoms with E-state index in [4.69, 9.17) is 11.6 Å². The van der Waals surface area contributed by atoms with Crippen LogP contribution in [0, 0.1) is 13.8 Å². The number of halogens is 1. The quantitative estimate of drug-likeness (QED) is 0.881. The molecular weight excluding hydrogens is 312 g/mol. The Morgan fingerprint density at radius 1 is 1.26 bits per heavy atom. The summed E-state index contributed by atoms with van der Waals surface area (Å²) in [4.78, 5) is 12.4. The molecular formula is C17H23ClN4O. The molecule has 2 rings (SSSR count). The van der Waals surface area contributed by atoms with Gasteiger partial charge in [0.15, 0.2) is 0 Å². The van der Waals surface area contributed by atoms with Gasteiger partial charge in [-0.15, -0.1) is 0 Å². The van der Waals surface area contributed by atoms with Crippen molar-refractivity contribution in [1.29, 1.82) is 0 Å². The first-order valence-electron chi connectivity index (χ1n) is 7.62. The molecule has 1 aromatic heterocycles. The molecule has 0 saturated carbocycles. The first-order chi connectivity index (χ1) is 10.8. The highest BCUT2D eigenvalue weighted by atomic mass is 35.5. The number of rotatable bonds is 5. The third kappa shape index (κ3) is 3.92. The lowest BCUT2D eigenvalue weighted by Gasteiger charge is -2.21. The van der Waals surface area contributed by atoms with Crippen molar-refractivity contribution in [3.05, 3.63) is 46.2 Å². The number of nitrogens with one attached hydrogen (secondary N) is 2. The molecule has 0 spiro atoms. The van der Waals surface area contributed by atoms with Gasteiger partial charge in [-0.3, -0.25) is 14.8 Å². The van der Waals surface area contributed by atoms with Crippen LogP contribution in [0.4, 0.5) is 5.69 Å². The van der Waals surface area contributed by atoms with Crippen LogP contribution in [-0.2, 0) is 11.8 Å². The topological polar surface area (TPSA) is 59.0 Å². The highest BCUT2D eigenvalue weighted by Gasteiger charge is 2.20. The van der Waals surface area contributed by atoms with Crippen molar-refractivity contribution in [1.82, 2.24) is 15.1 Å². The minimum absolute atomic E-state index is 0.0273. The standard InChI is InChI=1S/C17H23ClN4O/c1-10(14-8-6-7-9-15(14)18)19-12(3)17(23)20-16-11(2)21-22(5)13(16)4/h6-10,12,19H,1-5H3,(H,20,23)/t10-,12+/m1/s1. The Labute approximate surface area is 142 Å². The van der Waals surface area contributed by atoms with Crippen LogP contribution in [0.5, 0.6) is 0 Å². The third-order valence-corrected chi connectivity index (χ3v) is 4.37. The van der Waals surface area contributed by atoms with E-state index in [1.54, 1.807) is 4.68 Å². The number of aromatic nitrogens is 2. The lowest BCUT2D eigenvalue weighted by molar-refractivity contribution is -0.117. The second kappa shape index (κ2) is 7.15. The van der Waals surface area contributed by atoms with Crippen LogP contribution < -0.4 is 10.6 Å². The fourth-order valence-electron chi connectivity index (χ4n) is 2.55. The van der Waals surface area contributed by atoms with Crippen LogP contribution in [0.2, 0.25) is 5.02 Å². The van der Waals surface area contributed by atoms with Crippen LogP contribution in [-0.4, -0.2) is 21.7 Å². The van der Waals surface area contributed by atoms with Crippen molar-refractivity contribution in [2.45, 2.75) is 39.8 Å². The van der Waals surface area contributed by atoms with Gasteiger partial charge in [-0.05, 0) is 39.3 Å². The summed E-state index contributed by atoms with van der Waals surface area (Å²) >= 11 is 6.20. The second-order valence-corrected chi connectivity index (χ2v) is 6.20. The lowest BCUT2D eigenvalue weighted by atomic mass is 10.1. The molecule has 6 heteroatoms. The van der Waals surface area contributed by atoms with E-state index in [0.29, 0.717) is 5.02 Å². The molecule has 0 fully saturated rings. The summed E-state index contributed by atoms with van der Waals surface area (Å²) in [7, 11) is 1.86. The molecule has 2 atom stereocenters. The number of carbonyl (C=O) groups excluding carboxylic acids is 1. The molecule has 0 aliphatic rings. The number of aryl methyl sites for hydroxylation is 2. The number of benzene rings is 1. The SMILES string of the molecule is Cc1nn(C)c(C)c1NC(=O)[C@H](C)N[C@H](C)c1ccccc1Cl. The lowest BCUT2D eigenvalue weighted by Crippen LogP contribution is -2.39. The van der Waals surface area contributed by atoms with Gasteiger partial charge in [-0.25, -0.2) is 0 Å². The van der Waals surface area contributed by atoms with Crippen molar-refractivity contribution in [2.75, 3.05) is 5.32 Å². The van der Waals surface area contributed by atoms with E-state index in [2.05, 4.69) is 15.7 Å². The van der Waals surface area contributed by atoms with E-state index in [0.717, 1.165) is 22.6 Å². The van der Waals surface area contributed by atoms with Gasteiger partial charge in [0.1, 0.15) is 0 Å². The highest BCUT2D eigenvalue weighted by molar-refractivity contribution is 6.31. The van der Waals surface area contributed by atoms with Gasteiger partial charge >= 0.3 is 0 Å². The fraction of sp³-hybridized carbons (Fsp3) is 0.412. The van der Waals surface area contributed by atoms with Crippen LogP contribution in [0.15, 0.2) is 24.3 Å². The number of amides is 1. The van der Waals surface area contributed by atoms with Crippen LogP contribution in [0.1, 0.15) is 36.8 Å². The van der Waals surface area contributed by atoms with Gasteiger partial charge in [0.05, 0.1) is 23.1 Å². The van der Waals surface area contributed by atoms with E-state index in [1.807, 2.05) is 59.0 Å². The predicted octanol–water partition coefficient (Wildman–Crippen LogP) is 3.37. The molecule has 0 bridgehead atoms. The summed E-state index contributed by atoms with van der Waals surface area (Å²) in [6.45, 7) is 7.64. The summed E-state index contributed by atoms with van der Waals surface area (Å²) in [5, 5.41) is 11.2. The Hall–Kier alpha value is -1.85. The maximum atomic E-state index is 12.4. The minimum Gasteiger partial charge on any atom is -0.322 e. The van der Waals surface area contributed by atoms with Crippen LogP contribution in [0.25, 0.3) is 0 Å². The van der Waals surface area contributed by atoms with E-state index >= 15 is 0 Å². The van der Waals surface area contributed by atoms with E-state index in [1.165, 1.54) is 0 Å².